The third kappa shape index (κ3) is 3.40. The minimum absolute atomic E-state index is 0.179. The quantitative estimate of drug-likeness (QED) is 0.860. The highest BCUT2D eigenvalue weighted by Gasteiger charge is 2.37. The number of nitrogens with one attached hydrogen (secondary N) is 1. The summed E-state index contributed by atoms with van der Waals surface area (Å²) in [6.45, 7) is 2.34. The summed E-state index contributed by atoms with van der Waals surface area (Å²) >= 11 is 0. The van der Waals surface area contributed by atoms with E-state index in [1.165, 1.54) is 22.0 Å². The Balaban J connectivity index is 2.22. The fourth-order valence-corrected chi connectivity index (χ4v) is 4.19. The van der Waals surface area contributed by atoms with Crippen molar-refractivity contribution in [3.05, 3.63) is 12.2 Å². The van der Waals surface area contributed by atoms with Gasteiger partial charge in [0, 0.05) is 20.1 Å². The Kier molecular flexibility index (Phi) is 4.92. The molecule has 1 aliphatic heterocycles. The number of nitrogens with zero attached hydrogens (tertiary/aromatic N) is 5. The molecular formula is C12H20N6O2S. The van der Waals surface area contributed by atoms with Gasteiger partial charge in [0.1, 0.15) is 12.2 Å². The largest absolute Gasteiger partial charge is 0.282 e. The summed E-state index contributed by atoms with van der Waals surface area (Å²) < 4.78 is 28.2. The highest BCUT2D eigenvalue weighted by Crippen LogP contribution is 2.31. The highest BCUT2D eigenvalue weighted by molar-refractivity contribution is 7.86. The summed E-state index contributed by atoms with van der Waals surface area (Å²) in [4.78, 5) is 4.10. The molecule has 0 saturated carbocycles. The van der Waals surface area contributed by atoms with Crippen LogP contribution >= 0.6 is 0 Å². The zero-order valence-electron chi connectivity index (χ0n) is 12.2. The minimum atomic E-state index is -3.61. The van der Waals surface area contributed by atoms with Crippen LogP contribution in [-0.4, -0.2) is 52.3 Å². The third-order valence-electron chi connectivity index (χ3n) is 3.64. The van der Waals surface area contributed by atoms with Gasteiger partial charge in [0.2, 0.25) is 0 Å². The van der Waals surface area contributed by atoms with Crippen molar-refractivity contribution in [2.24, 2.45) is 5.92 Å². The summed E-state index contributed by atoms with van der Waals surface area (Å²) in [5.74, 6) is 0.221. The number of aromatic nitrogens is 3. The lowest BCUT2D eigenvalue weighted by atomic mass is 10.0. The standard InChI is InChI=1S/C12H20N6O2S/c1-10(7-13)8-17(2)21(19,20)18-6-4-3-5-11(18)12-14-9-15-16-12/h9-11H,3-6,8H2,1-2H3,(H,14,15,16)/t10-,11+/m0/s1. The fraction of sp³-hybridized carbons (Fsp3) is 0.750. The third-order valence-corrected chi connectivity index (χ3v) is 5.61. The molecule has 8 nitrogen and oxygen atoms in total. The van der Waals surface area contributed by atoms with Crippen LogP contribution in [0, 0.1) is 17.2 Å². The van der Waals surface area contributed by atoms with Crippen molar-refractivity contribution >= 4 is 10.2 Å². The SMILES string of the molecule is C[C@@H](C#N)CN(C)S(=O)(=O)N1CCCC[C@@H]1c1ncn[nH]1. The number of hydrogen-bond donors (Lipinski definition) is 1. The number of hydrogen-bond acceptors (Lipinski definition) is 5. The molecule has 0 radical (unpaired) electrons. The lowest BCUT2D eigenvalue weighted by molar-refractivity contribution is 0.229. The van der Waals surface area contributed by atoms with Crippen LogP contribution in [0.2, 0.25) is 0 Å². The van der Waals surface area contributed by atoms with Crippen molar-refractivity contribution < 1.29 is 8.42 Å². The first-order valence-corrected chi connectivity index (χ1v) is 8.34. The van der Waals surface area contributed by atoms with Crippen molar-refractivity contribution in [1.29, 1.82) is 5.26 Å². The van der Waals surface area contributed by atoms with Gasteiger partial charge in [-0.05, 0) is 19.8 Å². The molecule has 1 saturated heterocycles. The second kappa shape index (κ2) is 6.51. The van der Waals surface area contributed by atoms with E-state index in [9.17, 15) is 8.42 Å². The Bertz CT molecular complexity index is 594. The summed E-state index contributed by atoms with van der Waals surface area (Å²) in [6.07, 6.45) is 3.88. The Morgan fingerprint density at radius 1 is 1.62 bits per heavy atom. The van der Waals surface area contributed by atoms with E-state index >= 15 is 0 Å². The van der Waals surface area contributed by atoms with Gasteiger partial charge in [0.15, 0.2) is 0 Å². The van der Waals surface area contributed by atoms with Gasteiger partial charge in [-0.3, -0.25) is 5.10 Å². The lowest BCUT2D eigenvalue weighted by Gasteiger charge is -2.36. The van der Waals surface area contributed by atoms with Crippen molar-refractivity contribution in [3.63, 3.8) is 0 Å². The maximum Gasteiger partial charge on any atom is 0.282 e. The molecule has 1 fully saturated rings. The Hall–Kier alpha value is -1.50. The van der Waals surface area contributed by atoms with Crippen LogP contribution in [0.1, 0.15) is 38.1 Å². The molecule has 0 unspecified atom stereocenters. The second-order valence-electron chi connectivity index (χ2n) is 5.31. The molecule has 0 bridgehead atoms. The van der Waals surface area contributed by atoms with E-state index in [1.807, 2.05) is 0 Å². The molecule has 1 N–H and O–H groups in total. The summed E-state index contributed by atoms with van der Waals surface area (Å²) in [7, 11) is -2.11. The van der Waals surface area contributed by atoms with Crippen LogP contribution in [0.3, 0.4) is 0 Å². The van der Waals surface area contributed by atoms with E-state index in [0.717, 1.165) is 19.3 Å². The normalized spacial score (nSPS) is 22.1. The number of nitriles is 1. The maximum absolute atomic E-state index is 12.7. The summed E-state index contributed by atoms with van der Waals surface area (Å²) in [6, 6.07) is 1.74. The molecule has 2 rings (SSSR count). The molecule has 2 heterocycles. The van der Waals surface area contributed by atoms with Crippen molar-refractivity contribution in [2.75, 3.05) is 20.1 Å². The molecule has 116 valence electrons. The van der Waals surface area contributed by atoms with Gasteiger partial charge >= 0.3 is 0 Å². The van der Waals surface area contributed by atoms with Crippen LogP contribution < -0.4 is 0 Å². The average molecular weight is 312 g/mol. The number of H-pyrrole nitrogens is 1. The number of rotatable bonds is 5. The second-order valence-corrected chi connectivity index (χ2v) is 7.30. The van der Waals surface area contributed by atoms with Crippen LogP contribution in [-0.2, 0) is 10.2 Å². The fourth-order valence-electron chi connectivity index (χ4n) is 2.53. The summed E-state index contributed by atoms with van der Waals surface area (Å²) in [5, 5.41) is 15.4. The van der Waals surface area contributed by atoms with Gasteiger partial charge in [0.05, 0.1) is 18.0 Å². The first kappa shape index (κ1) is 15.9. The number of aromatic amines is 1. The predicted octanol–water partition coefficient (Wildman–Crippen LogP) is 0.668. The zero-order valence-corrected chi connectivity index (χ0v) is 13.0. The Morgan fingerprint density at radius 2 is 2.38 bits per heavy atom. The van der Waals surface area contributed by atoms with Crippen molar-refractivity contribution in [3.8, 4) is 6.07 Å². The maximum atomic E-state index is 12.7. The molecule has 0 amide bonds. The Labute approximate surface area is 125 Å². The zero-order chi connectivity index (χ0) is 15.5. The van der Waals surface area contributed by atoms with E-state index < -0.39 is 10.2 Å². The van der Waals surface area contributed by atoms with Crippen LogP contribution in [0.4, 0.5) is 0 Å². The van der Waals surface area contributed by atoms with E-state index in [-0.39, 0.29) is 18.5 Å². The lowest BCUT2D eigenvalue weighted by Crippen LogP contribution is -2.47. The first-order valence-electron chi connectivity index (χ1n) is 6.94. The molecule has 1 aliphatic rings. The minimum Gasteiger partial charge on any atom is -0.262 e. The van der Waals surface area contributed by atoms with Crippen LogP contribution in [0.5, 0.6) is 0 Å². The monoisotopic (exact) mass is 312 g/mol. The van der Waals surface area contributed by atoms with Crippen LogP contribution in [0.15, 0.2) is 6.33 Å². The molecule has 21 heavy (non-hydrogen) atoms. The molecule has 0 spiro atoms. The Morgan fingerprint density at radius 3 is 3.00 bits per heavy atom. The average Bonchev–Trinajstić information content (AvgIpc) is 3.01. The molecule has 2 atom stereocenters. The summed E-state index contributed by atoms with van der Waals surface area (Å²) in [5.41, 5.74) is 0. The molecule has 9 heteroatoms. The van der Waals surface area contributed by atoms with E-state index in [4.69, 9.17) is 5.26 Å². The smallest absolute Gasteiger partial charge is 0.262 e. The first-order chi connectivity index (χ1) is 9.96. The van der Waals surface area contributed by atoms with Gasteiger partial charge in [-0.25, -0.2) is 4.98 Å². The van der Waals surface area contributed by atoms with Gasteiger partial charge in [-0.2, -0.15) is 27.4 Å². The highest BCUT2D eigenvalue weighted by atomic mass is 32.2. The molecule has 0 aromatic carbocycles. The molecule has 1 aromatic heterocycles. The molecular weight excluding hydrogens is 292 g/mol. The van der Waals surface area contributed by atoms with E-state index in [2.05, 4.69) is 21.3 Å². The van der Waals surface area contributed by atoms with E-state index in [0.29, 0.717) is 12.4 Å². The number of piperidine rings is 1. The van der Waals surface area contributed by atoms with Gasteiger partial charge in [-0.15, -0.1) is 0 Å². The van der Waals surface area contributed by atoms with Gasteiger partial charge < -0.3 is 0 Å². The van der Waals surface area contributed by atoms with Gasteiger partial charge in [0.25, 0.3) is 10.2 Å². The van der Waals surface area contributed by atoms with Crippen molar-refractivity contribution in [2.45, 2.75) is 32.2 Å². The molecule has 1 aromatic rings. The predicted molar refractivity (Wildman–Crippen MR) is 76.0 cm³/mol. The van der Waals surface area contributed by atoms with E-state index in [1.54, 1.807) is 6.92 Å². The van der Waals surface area contributed by atoms with Crippen LogP contribution in [0.25, 0.3) is 0 Å². The van der Waals surface area contributed by atoms with Gasteiger partial charge in [-0.1, -0.05) is 6.42 Å². The topological polar surface area (TPSA) is 106 Å². The van der Waals surface area contributed by atoms with Crippen molar-refractivity contribution in [1.82, 2.24) is 23.8 Å². The molecule has 0 aliphatic carbocycles.